The van der Waals surface area contributed by atoms with Crippen LogP contribution in [0.25, 0.3) is 0 Å². The molecule has 0 heterocycles. The molecule has 11 heavy (non-hydrogen) atoms. The van der Waals surface area contributed by atoms with Gasteiger partial charge in [-0.05, 0) is 0 Å². The van der Waals surface area contributed by atoms with E-state index in [1.54, 1.807) is 0 Å². The average molecular weight is 162 g/mol. The van der Waals surface area contributed by atoms with Crippen molar-refractivity contribution in [1.29, 1.82) is 0 Å². The van der Waals surface area contributed by atoms with Crippen molar-refractivity contribution >= 4 is 12.0 Å². The number of hydrogen-bond donors (Lipinski definition) is 1. The molecule has 0 saturated heterocycles. The Labute approximate surface area is 63.8 Å². The van der Waals surface area contributed by atoms with Crippen molar-refractivity contribution in [3.8, 4) is 0 Å². The molecule has 0 spiro atoms. The number of carbonyl (C=O) groups excluding carboxylic acids is 2. The summed E-state index contributed by atoms with van der Waals surface area (Å²) in [4.78, 5) is 25.2. The molecule has 0 fully saturated rings. The molecule has 0 radical (unpaired) electrons. The van der Waals surface area contributed by atoms with Gasteiger partial charge in [-0.3, -0.25) is 9.63 Å². The molecule has 0 atom stereocenters. The predicted octanol–water partition coefficient (Wildman–Crippen LogP) is -0.898. The SMILES string of the molecule is CON(C)C(=O)COC(N)=O. The van der Waals surface area contributed by atoms with Crippen LogP contribution < -0.4 is 5.73 Å². The molecule has 0 rings (SSSR count). The summed E-state index contributed by atoms with van der Waals surface area (Å²) in [5, 5.41) is 0.933. The summed E-state index contributed by atoms with van der Waals surface area (Å²) in [6.45, 7) is -0.403. The first-order valence-electron chi connectivity index (χ1n) is 2.80. The number of amides is 2. The minimum atomic E-state index is -0.983. The fourth-order valence-corrected chi connectivity index (χ4v) is 0.326. The van der Waals surface area contributed by atoms with Crippen LogP contribution in [0, 0.1) is 0 Å². The molecule has 0 aliphatic rings. The summed E-state index contributed by atoms with van der Waals surface area (Å²) < 4.78 is 4.19. The Morgan fingerprint density at radius 2 is 2.09 bits per heavy atom. The van der Waals surface area contributed by atoms with E-state index in [0.717, 1.165) is 5.06 Å². The van der Waals surface area contributed by atoms with Gasteiger partial charge in [-0.2, -0.15) is 0 Å². The summed E-state index contributed by atoms with van der Waals surface area (Å²) in [5.74, 6) is -0.480. The standard InChI is InChI=1S/C5H10N2O4/c1-7(10-2)4(8)3-11-5(6)9/h3H2,1-2H3,(H2,6,9). The van der Waals surface area contributed by atoms with Gasteiger partial charge < -0.3 is 10.5 Å². The lowest BCUT2D eigenvalue weighted by Crippen LogP contribution is -2.31. The highest BCUT2D eigenvalue weighted by molar-refractivity contribution is 5.78. The maximum atomic E-state index is 10.7. The molecule has 2 N–H and O–H groups in total. The first-order valence-corrected chi connectivity index (χ1v) is 2.80. The lowest BCUT2D eigenvalue weighted by molar-refractivity contribution is -0.171. The summed E-state index contributed by atoms with van der Waals surface area (Å²) in [6.07, 6.45) is -0.983. The van der Waals surface area contributed by atoms with E-state index in [2.05, 4.69) is 15.3 Å². The maximum Gasteiger partial charge on any atom is 0.405 e. The number of rotatable bonds is 3. The van der Waals surface area contributed by atoms with Crippen LogP contribution in [0.4, 0.5) is 4.79 Å². The lowest BCUT2D eigenvalue weighted by Gasteiger charge is -2.12. The molecule has 0 aromatic heterocycles. The minimum absolute atomic E-state index is 0.403. The number of hydroxylamine groups is 2. The van der Waals surface area contributed by atoms with E-state index in [0.29, 0.717) is 0 Å². The summed E-state index contributed by atoms with van der Waals surface area (Å²) in [7, 11) is 2.72. The zero-order valence-electron chi connectivity index (χ0n) is 6.36. The molecule has 0 aliphatic heterocycles. The number of hydrogen-bond acceptors (Lipinski definition) is 4. The van der Waals surface area contributed by atoms with Gasteiger partial charge in [0.05, 0.1) is 7.11 Å². The number of carbonyl (C=O) groups is 2. The van der Waals surface area contributed by atoms with E-state index in [-0.39, 0.29) is 0 Å². The second-order valence-electron chi connectivity index (χ2n) is 1.68. The second kappa shape index (κ2) is 4.51. The van der Waals surface area contributed by atoms with Crippen molar-refractivity contribution in [3.63, 3.8) is 0 Å². The third kappa shape index (κ3) is 4.15. The molecule has 0 bridgehead atoms. The molecular weight excluding hydrogens is 152 g/mol. The van der Waals surface area contributed by atoms with Crippen LogP contribution in [0.15, 0.2) is 0 Å². The van der Waals surface area contributed by atoms with Gasteiger partial charge in [0, 0.05) is 7.05 Å². The summed E-state index contributed by atoms with van der Waals surface area (Å²) >= 11 is 0. The fourth-order valence-electron chi connectivity index (χ4n) is 0.326. The van der Waals surface area contributed by atoms with Gasteiger partial charge in [0.15, 0.2) is 6.61 Å². The molecule has 6 heteroatoms. The summed E-state index contributed by atoms with van der Waals surface area (Å²) in [6, 6.07) is 0. The van der Waals surface area contributed by atoms with E-state index in [4.69, 9.17) is 0 Å². The number of primary amides is 1. The quantitative estimate of drug-likeness (QED) is 0.545. The minimum Gasteiger partial charge on any atom is -0.440 e. The summed E-state index contributed by atoms with van der Waals surface area (Å²) in [5.41, 5.74) is 4.61. The van der Waals surface area contributed by atoms with Crippen LogP contribution in [-0.2, 0) is 14.4 Å². The monoisotopic (exact) mass is 162 g/mol. The first-order chi connectivity index (χ1) is 5.07. The molecule has 0 aliphatic carbocycles. The van der Waals surface area contributed by atoms with Crippen LogP contribution in [0.3, 0.4) is 0 Å². The van der Waals surface area contributed by atoms with Crippen LogP contribution in [-0.4, -0.2) is 37.8 Å². The number of nitrogens with two attached hydrogens (primary N) is 1. The first kappa shape index (κ1) is 9.70. The predicted molar refractivity (Wildman–Crippen MR) is 35.3 cm³/mol. The number of ether oxygens (including phenoxy) is 1. The Kier molecular flexibility index (Phi) is 3.97. The van der Waals surface area contributed by atoms with Gasteiger partial charge in [0.1, 0.15) is 0 Å². The van der Waals surface area contributed by atoms with E-state index < -0.39 is 18.6 Å². The van der Waals surface area contributed by atoms with Crippen LogP contribution >= 0.6 is 0 Å². The van der Waals surface area contributed by atoms with Crippen molar-refractivity contribution < 1.29 is 19.2 Å². The van der Waals surface area contributed by atoms with Crippen LogP contribution in [0.1, 0.15) is 0 Å². The van der Waals surface area contributed by atoms with Crippen LogP contribution in [0.2, 0.25) is 0 Å². The van der Waals surface area contributed by atoms with Crippen molar-refractivity contribution in [2.75, 3.05) is 20.8 Å². The van der Waals surface area contributed by atoms with Gasteiger partial charge >= 0.3 is 6.09 Å². The molecule has 0 unspecified atom stereocenters. The number of likely N-dealkylation sites (N-methyl/N-ethyl adjacent to an activating group) is 1. The van der Waals surface area contributed by atoms with Gasteiger partial charge in [0.25, 0.3) is 5.91 Å². The highest BCUT2D eigenvalue weighted by atomic mass is 16.7. The Balaban J connectivity index is 3.60. The fraction of sp³-hybridized carbons (Fsp3) is 0.600. The Morgan fingerprint density at radius 3 is 2.45 bits per heavy atom. The Bertz CT molecular complexity index is 159. The van der Waals surface area contributed by atoms with E-state index in [1.807, 2.05) is 0 Å². The highest BCUT2D eigenvalue weighted by Gasteiger charge is 2.08. The lowest BCUT2D eigenvalue weighted by atomic mass is 10.6. The Morgan fingerprint density at radius 1 is 1.55 bits per heavy atom. The Hall–Kier alpha value is -1.30. The zero-order chi connectivity index (χ0) is 8.85. The molecule has 0 aromatic rings. The van der Waals surface area contributed by atoms with Gasteiger partial charge in [-0.25, -0.2) is 9.86 Å². The van der Waals surface area contributed by atoms with Crippen molar-refractivity contribution in [3.05, 3.63) is 0 Å². The highest BCUT2D eigenvalue weighted by Crippen LogP contribution is 1.85. The molecule has 0 saturated carbocycles. The van der Waals surface area contributed by atoms with Crippen LogP contribution in [0.5, 0.6) is 0 Å². The van der Waals surface area contributed by atoms with Gasteiger partial charge in [-0.15, -0.1) is 0 Å². The molecular formula is C5H10N2O4. The molecule has 64 valence electrons. The van der Waals surface area contributed by atoms with Gasteiger partial charge in [0.2, 0.25) is 0 Å². The molecule has 6 nitrogen and oxygen atoms in total. The van der Waals surface area contributed by atoms with E-state index >= 15 is 0 Å². The topological polar surface area (TPSA) is 81.9 Å². The zero-order valence-corrected chi connectivity index (χ0v) is 6.36. The normalized spacial score (nSPS) is 8.91. The second-order valence-corrected chi connectivity index (χ2v) is 1.68. The van der Waals surface area contributed by atoms with Crippen molar-refractivity contribution in [2.45, 2.75) is 0 Å². The van der Waals surface area contributed by atoms with E-state index in [9.17, 15) is 9.59 Å². The maximum absolute atomic E-state index is 10.7. The third-order valence-corrected chi connectivity index (χ3v) is 0.963. The van der Waals surface area contributed by atoms with Gasteiger partial charge in [-0.1, -0.05) is 0 Å². The third-order valence-electron chi connectivity index (χ3n) is 0.963. The van der Waals surface area contributed by atoms with Crippen molar-refractivity contribution in [1.82, 2.24) is 5.06 Å². The largest absolute Gasteiger partial charge is 0.440 e. The molecule has 2 amide bonds. The average Bonchev–Trinajstić information content (AvgIpc) is 1.98. The van der Waals surface area contributed by atoms with E-state index in [1.165, 1.54) is 14.2 Å². The number of nitrogens with zero attached hydrogens (tertiary/aromatic N) is 1. The van der Waals surface area contributed by atoms with Crippen molar-refractivity contribution in [2.24, 2.45) is 5.73 Å². The smallest absolute Gasteiger partial charge is 0.405 e. The molecule has 0 aromatic carbocycles.